The van der Waals surface area contributed by atoms with Crippen molar-refractivity contribution in [2.24, 2.45) is 0 Å². The highest BCUT2D eigenvalue weighted by molar-refractivity contribution is 9.11. The summed E-state index contributed by atoms with van der Waals surface area (Å²) < 4.78 is 63.7. The average Bonchev–Trinajstić information content (AvgIpc) is 4.18. The second-order valence-corrected chi connectivity index (χ2v) is 24.5. The maximum absolute atomic E-state index is 12.2. The van der Waals surface area contributed by atoms with Gasteiger partial charge in [-0.15, -0.1) is 0 Å². The van der Waals surface area contributed by atoms with Crippen LogP contribution in [-0.4, -0.2) is 178 Å². The molecule has 0 saturated carbocycles. The number of rotatable bonds is 4. The summed E-state index contributed by atoms with van der Waals surface area (Å²) in [5.41, 5.74) is 5.92. The molecular weight excluding hydrogens is 1170 g/mol. The number of hydrogen-bond donors (Lipinski definition) is 2. The number of H-pyrrole nitrogens is 1. The summed E-state index contributed by atoms with van der Waals surface area (Å²) >= 11 is 10.4. The smallest absolute Gasteiger partial charge is 0.410 e. The molecule has 4 saturated heterocycles. The number of aliphatic hydroxyl groups excluding tert-OH is 1. The second-order valence-electron chi connectivity index (χ2n) is 20.6. The van der Waals surface area contributed by atoms with Crippen molar-refractivity contribution >= 4 is 76.0 Å². The molecule has 0 unspecified atom stereocenters. The Morgan fingerprint density at radius 1 is 0.644 bits per heavy atom. The first-order chi connectivity index (χ1) is 34.4. The first-order valence-corrected chi connectivity index (χ1v) is 28.9. The number of amides is 3. The van der Waals surface area contributed by atoms with Crippen LogP contribution >= 0.6 is 47.8 Å². The molecule has 2 N–H and O–H groups in total. The monoisotopic (exact) mass is 1240 g/mol. The third-order valence-corrected chi connectivity index (χ3v) is 14.9. The number of fused-ring (bicyclic) bond motifs is 3. The van der Waals surface area contributed by atoms with E-state index in [0.29, 0.717) is 71.0 Å². The zero-order valence-electron chi connectivity index (χ0n) is 43.1. The van der Waals surface area contributed by atoms with Crippen molar-refractivity contribution in [2.75, 3.05) is 78.7 Å². The van der Waals surface area contributed by atoms with E-state index in [0.717, 1.165) is 121 Å². The quantitative estimate of drug-likeness (QED) is 0.269. The Bertz CT molecular complexity index is 2430. The highest BCUT2D eigenvalue weighted by atomic mass is 79.9. The lowest BCUT2D eigenvalue weighted by Crippen LogP contribution is -2.40. The highest BCUT2D eigenvalue weighted by Gasteiger charge is 2.34. The van der Waals surface area contributed by atoms with Crippen molar-refractivity contribution in [3.05, 3.63) is 47.6 Å². The van der Waals surface area contributed by atoms with Gasteiger partial charge in [0.15, 0.2) is 0 Å². The molecule has 3 aromatic heterocycles. The van der Waals surface area contributed by atoms with Crippen LogP contribution in [0.5, 0.6) is 0 Å². The molecule has 3 amide bonds. The van der Waals surface area contributed by atoms with Gasteiger partial charge in [-0.25, -0.2) is 9.59 Å². The maximum Gasteiger partial charge on any atom is 0.410 e. The summed E-state index contributed by atoms with van der Waals surface area (Å²) in [5, 5.41) is 24.8. The van der Waals surface area contributed by atoms with Gasteiger partial charge in [-0.2, -0.15) is 23.7 Å². The zero-order chi connectivity index (χ0) is 53.3. The first kappa shape index (κ1) is 59.0. The molecule has 4 atom stereocenters. The fourth-order valence-electron chi connectivity index (χ4n) is 8.70. The van der Waals surface area contributed by atoms with Crippen molar-refractivity contribution in [3.8, 4) is 0 Å². The fraction of sp³-hybridized carbons (Fsp3) is 0.745. The summed E-state index contributed by atoms with van der Waals surface area (Å²) in [7, 11) is -3.29. The zero-order valence-corrected chi connectivity index (χ0v) is 48.7. The molecule has 4 fully saturated rings. The first-order valence-electron chi connectivity index (χ1n) is 24.7. The van der Waals surface area contributed by atoms with E-state index >= 15 is 0 Å². The number of aliphatic hydroxyl groups is 1. The number of carbonyl (C=O) groups is 3. The van der Waals surface area contributed by atoms with E-state index in [2.05, 4.69) is 81.7 Å². The second kappa shape index (κ2) is 26.2. The predicted molar refractivity (Wildman–Crippen MR) is 277 cm³/mol. The molecule has 26 heteroatoms. The molecule has 3 aromatic rings. The van der Waals surface area contributed by atoms with Crippen LogP contribution in [-0.2, 0) is 86.4 Å². The number of halogens is 3. The summed E-state index contributed by atoms with van der Waals surface area (Å²) in [6, 6.07) is 0.669. The Morgan fingerprint density at radius 2 is 1.10 bits per heavy atom. The number of nitrogens with one attached hydrogen (secondary N) is 1. The van der Waals surface area contributed by atoms with E-state index < -0.39 is 21.3 Å². The van der Waals surface area contributed by atoms with Crippen LogP contribution in [0.3, 0.4) is 0 Å². The van der Waals surface area contributed by atoms with Crippen molar-refractivity contribution in [1.82, 2.24) is 44.5 Å². The summed E-state index contributed by atoms with van der Waals surface area (Å²) in [6.07, 6.45) is 6.06. The SMILES string of the molecule is CC(=O)N1CCc2c(c(Br)nn2[C@H]2CCOC2)C1.CC(C)(C)OC(=O)N1CCc2[nH]nc(Br)c2C1.CC(C)(C)OC(=O)N1CCc2c(c(Br)nn2[C@H]2CCOC2)C1.CS(=O)(=O)O[C@@H]1CCOC1.O[C@@H]1CCOC1. The summed E-state index contributed by atoms with van der Waals surface area (Å²) in [6.45, 7) is 22.1. The lowest BCUT2D eigenvalue weighted by molar-refractivity contribution is -0.129. The van der Waals surface area contributed by atoms with Crippen LogP contribution in [0, 0.1) is 0 Å². The van der Waals surface area contributed by atoms with Gasteiger partial charge in [0.1, 0.15) is 31.1 Å². The van der Waals surface area contributed by atoms with Crippen molar-refractivity contribution in [2.45, 2.75) is 149 Å². The number of hydrogen-bond acceptors (Lipinski definition) is 16. The molecule has 0 radical (unpaired) electrons. The van der Waals surface area contributed by atoms with Gasteiger partial charge >= 0.3 is 12.2 Å². The lowest BCUT2D eigenvalue weighted by Gasteiger charge is -2.30. The van der Waals surface area contributed by atoms with Gasteiger partial charge in [0.25, 0.3) is 10.1 Å². The van der Waals surface area contributed by atoms with Gasteiger partial charge in [-0.3, -0.25) is 23.4 Å². The molecule has 7 aliphatic rings. The molecule has 0 bridgehead atoms. The van der Waals surface area contributed by atoms with Crippen molar-refractivity contribution in [3.63, 3.8) is 0 Å². The van der Waals surface area contributed by atoms with Crippen LogP contribution in [0.4, 0.5) is 9.59 Å². The molecular formula is C47H72Br3N9O13S. The Morgan fingerprint density at radius 3 is 1.51 bits per heavy atom. The average molecular weight is 1240 g/mol. The van der Waals surface area contributed by atoms with E-state index in [1.54, 1.807) is 16.7 Å². The topological polar surface area (TPSA) is 244 Å². The Kier molecular flexibility index (Phi) is 21.2. The molecule has 22 nitrogen and oxygen atoms in total. The molecule has 0 spiro atoms. The van der Waals surface area contributed by atoms with Crippen LogP contribution < -0.4 is 0 Å². The van der Waals surface area contributed by atoms with Crippen LogP contribution in [0.25, 0.3) is 0 Å². The van der Waals surface area contributed by atoms with Gasteiger partial charge in [-0.05, 0) is 109 Å². The normalized spacial score (nSPS) is 22.5. The standard InChI is InChI=1S/C15H22BrN3O3.C12H16BrN3O2.C11H16BrN3O2.C5H10O4S.C4H8O2/c1-15(2,3)22-14(20)18-6-4-12-11(8-18)13(16)17-19(12)10-5-7-21-9-10;1-8(17)15-4-2-11-10(6-15)12(13)14-16(11)9-3-5-18-7-9;1-11(2,3)17-10(16)15-5-4-8-7(6-15)9(12)14-13-8;1-10(6,7)9-5-2-3-8-4-5;5-4-1-2-6-3-4/h10H,4-9H2,1-3H3;9H,2-7H2,1H3;4-6H2,1-3H3,(H,13,14);5H,2-4H2,1H3;4-5H,1-3H2/t10-;9-;;5-;4-/m00.11/s1. The van der Waals surface area contributed by atoms with Crippen LogP contribution in [0.2, 0.25) is 0 Å². The van der Waals surface area contributed by atoms with Gasteiger partial charge < -0.3 is 48.2 Å². The molecule has 10 rings (SSSR count). The minimum Gasteiger partial charge on any atom is -0.444 e. The minimum atomic E-state index is -3.29. The number of aromatic amines is 1. The number of ether oxygens (including phenoxy) is 6. The van der Waals surface area contributed by atoms with Crippen LogP contribution in [0.15, 0.2) is 13.8 Å². The number of nitrogens with zero attached hydrogens (tertiary/aromatic N) is 8. The van der Waals surface area contributed by atoms with Gasteiger partial charge in [0, 0.05) is 112 Å². The molecule has 10 heterocycles. The third-order valence-electron chi connectivity index (χ3n) is 12.3. The van der Waals surface area contributed by atoms with E-state index in [1.165, 1.54) is 11.4 Å². The van der Waals surface area contributed by atoms with Gasteiger partial charge in [-0.1, -0.05) is 0 Å². The predicted octanol–water partition coefficient (Wildman–Crippen LogP) is 6.40. The maximum atomic E-state index is 12.2. The van der Waals surface area contributed by atoms with E-state index in [1.807, 2.05) is 46.4 Å². The number of carbonyl (C=O) groups excluding carboxylic acids is 3. The van der Waals surface area contributed by atoms with Gasteiger partial charge in [0.05, 0.1) is 70.5 Å². The minimum absolute atomic E-state index is 0.129. The van der Waals surface area contributed by atoms with Crippen molar-refractivity contribution in [1.29, 1.82) is 0 Å². The number of aromatic nitrogens is 6. The Balaban J connectivity index is 0.000000156. The Hall–Kier alpha value is -3.21. The molecule has 73 heavy (non-hydrogen) atoms. The summed E-state index contributed by atoms with van der Waals surface area (Å²) in [4.78, 5) is 40.9. The summed E-state index contributed by atoms with van der Waals surface area (Å²) in [5.74, 6) is 0.129. The fourth-order valence-corrected chi connectivity index (χ4v) is 10.8. The molecule has 7 aliphatic heterocycles. The molecule has 410 valence electrons. The third kappa shape index (κ3) is 17.7. The Labute approximate surface area is 453 Å². The lowest BCUT2D eigenvalue weighted by atomic mass is 10.1. The van der Waals surface area contributed by atoms with Gasteiger partial charge in [0.2, 0.25) is 5.91 Å². The van der Waals surface area contributed by atoms with E-state index in [4.69, 9.17) is 33.5 Å². The van der Waals surface area contributed by atoms with Crippen molar-refractivity contribution < 1.29 is 60.5 Å². The molecule has 0 aliphatic carbocycles. The highest BCUT2D eigenvalue weighted by Crippen LogP contribution is 2.33. The largest absolute Gasteiger partial charge is 0.444 e. The molecule has 0 aromatic carbocycles. The van der Waals surface area contributed by atoms with E-state index in [-0.39, 0.29) is 30.3 Å². The van der Waals surface area contributed by atoms with Crippen LogP contribution in [0.1, 0.15) is 120 Å². The van der Waals surface area contributed by atoms with E-state index in [9.17, 15) is 22.8 Å².